The minimum Gasteiger partial charge on any atom is -0.333 e. The molecule has 1 amide bonds. The molecule has 1 heterocycles. The largest absolute Gasteiger partial charge is 0.416 e. The van der Waals surface area contributed by atoms with E-state index in [2.05, 4.69) is 5.32 Å². The van der Waals surface area contributed by atoms with Crippen molar-refractivity contribution in [3.63, 3.8) is 0 Å². The van der Waals surface area contributed by atoms with E-state index in [1.54, 1.807) is 0 Å². The smallest absolute Gasteiger partial charge is 0.333 e. The second kappa shape index (κ2) is 8.06. The van der Waals surface area contributed by atoms with Crippen molar-refractivity contribution < 1.29 is 31.1 Å². The third-order valence-electron chi connectivity index (χ3n) is 4.76. The first-order valence-corrected chi connectivity index (χ1v) is 8.91. The van der Waals surface area contributed by atoms with Crippen LogP contribution in [0.1, 0.15) is 27.0 Å². The molecule has 1 unspecified atom stereocenters. The Kier molecular flexibility index (Phi) is 5.88. The summed E-state index contributed by atoms with van der Waals surface area (Å²) >= 11 is 0. The summed E-state index contributed by atoms with van der Waals surface area (Å²) in [6.07, 6.45) is -9.56. The summed E-state index contributed by atoms with van der Waals surface area (Å²) in [5.41, 5.74) is -2.69. The number of hydrogen-bond donors (Lipinski definition) is 1. The van der Waals surface area contributed by atoms with E-state index in [-0.39, 0.29) is 18.7 Å². The van der Waals surface area contributed by atoms with E-state index in [4.69, 9.17) is 0 Å². The first-order chi connectivity index (χ1) is 13.6. The fraction of sp³-hybridized carbons (Fsp3) is 0.350. The van der Waals surface area contributed by atoms with E-state index in [0.29, 0.717) is 31.6 Å². The number of rotatable bonds is 3. The van der Waals surface area contributed by atoms with E-state index in [1.807, 2.05) is 30.3 Å². The molecule has 1 N–H and O–H groups in total. The zero-order valence-corrected chi connectivity index (χ0v) is 15.1. The number of halogens is 6. The summed E-state index contributed by atoms with van der Waals surface area (Å²) in [5.74, 6) is -0.843. The van der Waals surface area contributed by atoms with E-state index in [0.717, 1.165) is 5.56 Å². The van der Waals surface area contributed by atoms with Gasteiger partial charge in [0.1, 0.15) is 0 Å². The molecule has 9 heteroatoms. The van der Waals surface area contributed by atoms with Crippen LogP contribution in [0.4, 0.5) is 26.3 Å². The lowest BCUT2D eigenvalue weighted by molar-refractivity contribution is -0.143. The number of amides is 1. The summed E-state index contributed by atoms with van der Waals surface area (Å²) in [5, 5.41) is 3.11. The van der Waals surface area contributed by atoms with Crippen molar-refractivity contribution in [1.82, 2.24) is 10.2 Å². The van der Waals surface area contributed by atoms with Gasteiger partial charge in [0.2, 0.25) is 0 Å². The predicted molar refractivity (Wildman–Crippen MR) is 94.3 cm³/mol. The Hall–Kier alpha value is -2.55. The fourth-order valence-electron chi connectivity index (χ4n) is 3.34. The Balaban J connectivity index is 1.94. The number of hydrogen-bond acceptors (Lipinski definition) is 2. The van der Waals surface area contributed by atoms with E-state index in [9.17, 15) is 31.1 Å². The van der Waals surface area contributed by atoms with Crippen LogP contribution in [0.5, 0.6) is 0 Å². The summed E-state index contributed by atoms with van der Waals surface area (Å²) in [4.78, 5) is 14.3. The average Bonchev–Trinajstić information content (AvgIpc) is 2.67. The van der Waals surface area contributed by atoms with Gasteiger partial charge in [0.15, 0.2) is 0 Å². The van der Waals surface area contributed by atoms with E-state index in [1.165, 1.54) is 4.90 Å². The molecular weight excluding hydrogens is 398 g/mol. The molecule has 1 saturated heterocycles. The SMILES string of the molecule is O=C(c1cc(C(F)(F)F)cc(C(F)(F)F)c1)N1CCNCC1Cc1ccccc1. The van der Waals surface area contributed by atoms with Crippen LogP contribution < -0.4 is 5.32 Å². The zero-order chi connectivity index (χ0) is 21.2. The molecule has 1 fully saturated rings. The van der Waals surface area contributed by atoms with Crippen LogP contribution >= 0.6 is 0 Å². The Morgan fingerprint density at radius 2 is 1.55 bits per heavy atom. The molecule has 0 spiro atoms. The number of benzene rings is 2. The lowest BCUT2D eigenvalue weighted by Gasteiger charge is -2.36. The highest BCUT2D eigenvalue weighted by atomic mass is 19.4. The molecule has 0 radical (unpaired) electrons. The predicted octanol–water partition coefficient (Wildman–Crippen LogP) is 4.38. The van der Waals surface area contributed by atoms with Gasteiger partial charge in [-0.05, 0) is 30.2 Å². The molecule has 29 heavy (non-hydrogen) atoms. The minimum atomic E-state index is -5.00. The number of carbonyl (C=O) groups excluding carboxylic acids is 1. The number of alkyl halides is 6. The van der Waals surface area contributed by atoms with Gasteiger partial charge in [-0.3, -0.25) is 4.79 Å². The first-order valence-electron chi connectivity index (χ1n) is 8.91. The van der Waals surface area contributed by atoms with Gasteiger partial charge < -0.3 is 10.2 Å². The van der Waals surface area contributed by atoms with Crippen molar-refractivity contribution in [3.8, 4) is 0 Å². The topological polar surface area (TPSA) is 32.3 Å². The first kappa shape index (κ1) is 21.2. The minimum absolute atomic E-state index is 0.0238. The van der Waals surface area contributed by atoms with Crippen LogP contribution in [0.15, 0.2) is 48.5 Å². The van der Waals surface area contributed by atoms with Crippen LogP contribution in [-0.4, -0.2) is 36.5 Å². The number of piperazine rings is 1. The van der Waals surface area contributed by atoms with E-state index < -0.39 is 35.0 Å². The molecular formula is C20H18F6N2O. The standard InChI is InChI=1S/C20H18F6N2O/c21-19(22,23)15-9-14(10-16(11-15)20(24,25)26)18(29)28-7-6-27-12-17(28)8-13-4-2-1-3-5-13/h1-5,9-11,17,27H,6-8,12H2. The van der Waals surface area contributed by atoms with Gasteiger partial charge in [0.25, 0.3) is 5.91 Å². The molecule has 2 aromatic rings. The third kappa shape index (κ3) is 5.09. The van der Waals surface area contributed by atoms with Gasteiger partial charge in [-0.1, -0.05) is 30.3 Å². The molecule has 2 aromatic carbocycles. The van der Waals surface area contributed by atoms with Crippen molar-refractivity contribution in [2.24, 2.45) is 0 Å². The highest BCUT2D eigenvalue weighted by molar-refractivity contribution is 5.95. The molecule has 1 aliphatic heterocycles. The van der Waals surface area contributed by atoms with Crippen molar-refractivity contribution in [3.05, 3.63) is 70.8 Å². The normalized spacial score (nSPS) is 18.0. The molecule has 0 bridgehead atoms. The quantitative estimate of drug-likeness (QED) is 0.754. The van der Waals surface area contributed by atoms with Gasteiger partial charge in [-0.2, -0.15) is 26.3 Å². The highest BCUT2D eigenvalue weighted by Gasteiger charge is 2.38. The van der Waals surface area contributed by atoms with E-state index >= 15 is 0 Å². The van der Waals surface area contributed by atoms with Gasteiger partial charge in [0, 0.05) is 31.2 Å². The Morgan fingerprint density at radius 1 is 0.966 bits per heavy atom. The lowest BCUT2D eigenvalue weighted by Crippen LogP contribution is -2.54. The van der Waals surface area contributed by atoms with Crippen LogP contribution in [0.3, 0.4) is 0 Å². The number of carbonyl (C=O) groups is 1. The third-order valence-corrected chi connectivity index (χ3v) is 4.76. The van der Waals surface area contributed by atoms with Crippen LogP contribution in [-0.2, 0) is 18.8 Å². The highest BCUT2D eigenvalue weighted by Crippen LogP contribution is 2.36. The number of nitrogens with one attached hydrogen (secondary N) is 1. The summed E-state index contributed by atoms with van der Waals surface area (Å²) < 4.78 is 78.6. The van der Waals surface area contributed by atoms with Crippen molar-refractivity contribution in [2.45, 2.75) is 24.8 Å². The molecule has 156 valence electrons. The second-order valence-corrected chi connectivity index (χ2v) is 6.84. The monoisotopic (exact) mass is 416 g/mol. The van der Waals surface area contributed by atoms with Crippen molar-refractivity contribution >= 4 is 5.91 Å². The van der Waals surface area contributed by atoms with Gasteiger partial charge in [-0.25, -0.2) is 0 Å². The molecule has 0 aromatic heterocycles. The number of nitrogens with zero attached hydrogens (tertiary/aromatic N) is 1. The Labute approximate surface area is 163 Å². The van der Waals surface area contributed by atoms with Crippen LogP contribution in [0.2, 0.25) is 0 Å². The Morgan fingerprint density at radius 3 is 2.10 bits per heavy atom. The summed E-state index contributed by atoms with van der Waals surface area (Å²) in [6, 6.07) is 9.77. The van der Waals surface area contributed by atoms with Crippen molar-refractivity contribution in [1.29, 1.82) is 0 Å². The maximum atomic E-state index is 13.1. The van der Waals surface area contributed by atoms with Gasteiger partial charge in [0.05, 0.1) is 11.1 Å². The molecule has 0 aliphatic carbocycles. The van der Waals surface area contributed by atoms with Crippen LogP contribution in [0.25, 0.3) is 0 Å². The fourth-order valence-corrected chi connectivity index (χ4v) is 3.34. The lowest BCUT2D eigenvalue weighted by atomic mass is 10.00. The van der Waals surface area contributed by atoms with Crippen LogP contribution in [0, 0.1) is 0 Å². The van der Waals surface area contributed by atoms with Crippen molar-refractivity contribution in [2.75, 3.05) is 19.6 Å². The maximum Gasteiger partial charge on any atom is 0.416 e. The van der Waals surface area contributed by atoms with Gasteiger partial charge in [-0.15, -0.1) is 0 Å². The van der Waals surface area contributed by atoms with Gasteiger partial charge >= 0.3 is 12.4 Å². The maximum absolute atomic E-state index is 13.1. The molecule has 1 atom stereocenters. The summed E-state index contributed by atoms with van der Waals surface area (Å²) in [7, 11) is 0. The second-order valence-electron chi connectivity index (χ2n) is 6.84. The molecule has 3 rings (SSSR count). The molecule has 1 aliphatic rings. The molecule has 0 saturated carbocycles. The Bertz CT molecular complexity index is 831. The molecule has 3 nitrogen and oxygen atoms in total. The summed E-state index contributed by atoms with van der Waals surface area (Å²) in [6.45, 7) is 0.988. The average molecular weight is 416 g/mol. The zero-order valence-electron chi connectivity index (χ0n) is 15.1.